The first-order chi connectivity index (χ1) is 8.78. The quantitative estimate of drug-likeness (QED) is 0.747. The van der Waals surface area contributed by atoms with Gasteiger partial charge in [0.15, 0.2) is 5.43 Å². The molecule has 0 aliphatic heterocycles. The van der Waals surface area contributed by atoms with Gasteiger partial charge in [0, 0.05) is 29.9 Å². The minimum atomic E-state index is -0.00453. The highest BCUT2D eigenvalue weighted by molar-refractivity contribution is 5.80. The van der Waals surface area contributed by atoms with Gasteiger partial charge in [0.2, 0.25) is 0 Å². The number of H-pyrrole nitrogens is 1. The minimum absolute atomic E-state index is 0.00453. The second kappa shape index (κ2) is 4.07. The van der Waals surface area contributed by atoms with Crippen molar-refractivity contribution in [2.75, 3.05) is 7.11 Å². The molecule has 0 radical (unpaired) electrons. The third-order valence-electron chi connectivity index (χ3n) is 2.91. The summed E-state index contributed by atoms with van der Waals surface area (Å²) in [4.78, 5) is 15.2. The number of aromatic nitrogens is 2. The molecule has 0 aliphatic rings. The number of benzene rings is 1. The molecule has 1 N–H and O–H groups in total. The van der Waals surface area contributed by atoms with Crippen LogP contribution in [0.25, 0.3) is 16.7 Å². The molecule has 2 aromatic heterocycles. The van der Waals surface area contributed by atoms with Crippen LogP contribution < -0.4 is 10.2 Å². The van der Waals surface area contributed by atoms with Crippen LogP contribution in [0.3, 0.4) is 0 Å². The van der Waals surface area contributed by atoms with E-state index in [4.69, 9.17) is 4.74 Å². The number of pyridine rings is 1. The van der Waals surface area contributed by atoms with Crippen LogP contribution in [0.1, 0.15) is 0 Å². The highest BCUT2D eigenvalue weighted by Gasteiger charge is 2.04. The van der Waals surface area contributed by atoms with Crippen molar-refractivity contribution in [1.82, 2.24) is 9.55 Å². The van der Waals surface area contributed by atoms with Gasteiger partial charge in [-0.3, -0.25) is 4.79 Å². The Kier molecular flexibility index (Phi) is 2.41. The van der Waals surface area contributed by atoms with Crippen LogP contribution in [0.2, 0.25) is 0 Å². The summed E-state index contributed by atoms with van der Waals surface area (Å²) >= 11 is 0. The van der Waals surface area contributed by atoms with Gasteiger partial charge in [0.1, 0.15) is 11.6 Å². The zero-order valence-corrected chi connectivity index (χ0v) is 9.88. The number of nitrogens with one attached hydrogen (secondary N) is 1. The highest BCUT2D eigenvalue weighted by Crippen LogP contribution is 2.17. The molecule has 4 heteroatoms. The van der Waals surface area contributed by atoms with Crippen molar-refractivity contribution in [3.63, 3.8) is 0 Å². The predicted octanol–water partition coefficient (Wildman–Crippen LogP) is 2.33. The lowest BCUT2D eigenvalue weighted by Crippen LogP contribution is -2.06. The molecule has 3 aromatic rings. The van der Waals surface area contributed by atoms with Crippen molar-refractivity contribution in [1.29, 1.82) is 0 Å². The summed E-state index contributed by atoms with van der Waals surface area (Å²) < 4.78 is 7.03. The lowest BCUT2D eigenvalue weighted by Gasteiger charge is -2.06. The Balaban J connectivity index is 2.28. The van der Waals surface area contributed by atoms with E-state index in [1.807, 2.05) is 35.2 Å². The molecule has 0 amide bonds. The van der Waals surface area contributed by atoms with Crippen molar-refractivity contribution in [3.05, 3.63) is 59.0 Å². The molecule has 0 saturated carbocycles. The minimum Gasteiger partial charge on any atom is -0.497 e. The number of nitrogens with zero attached hydrogens (tertiary/aromatic N) is 1. The molecule has 1 aromatic carbocycles. The van der Waals surface area contributed by atoms with E-state index in [9.17, 15) is 4.79 Å². The van der Waals surface area contributed by atoms with E-state index >= 15 is 0 Å². The predicted molar refractivity (Wildman–Crippen MR) is 70.4 cm³/mol. The Morgan fingerprint density at radius 1 is 1.17 bits per heavy atom. The maximum Gasteiger partial charge on any atom is 0.191 e. The molecular weight excluding hydrogens is 228 g/mol. The maximum absolute atomic E-state index is 12.0. The average Bonchev–Trinajstić information content (AvgIpc) is 2.91. The number of fused-ring (bicyclic) bond motifs is 1. The van der Waals surface area contributed by atoms with E-state index in [0.29, 0.717) is 5.39 Å². The van der Waals surface area contributed by atoms with Crippen LogP contribution in [-0.4, -0.2) is 16.7 Å². The highest BCUT2D eigenvalue weighted by atomic mass is 16.5. The van der Waals surface area contributed by atoms with Gasteiger partial charge in [0.25, 0.3) is 0 Å². The molecule has 0 unspecified atom stereocenters. The zero-order valence-electron chi connectivity index (χ0n) is 9.88. The van der Waals surface area contributed by atoms with Crippen LogP contribution in [0.5, 0.6) is 5.75 Å². The number of aromatic amines is 1. The van der Waals surface area contributed by atoms with E-state index in [0.717, 1.165) is 17.1 Å². The number of ether oxygens (including phenoxy) is 1. The maximum atomic E-state index is 12.0. The molecule has 4 nitrogen and oxygen atoms in total. The Morgan fingerprint density at radius 3 is 2.67 bits per heavy atom. The van der Waals surface area contributed by atoms with E-state index in [2.05, 4.69) is 4.98 Å². The molecular formula is C14H12N2O2. The smallest absolute Gasteiger partial charge is 0.191 e. The average molecular weight is 240 g/mol. The summed E-state index contributed by atoms with van der Waals surface area (Å²) in [6, 6.07) is 10.8. The molecule has 0 spiro atoms. The van der Waals surface area contributed by atoms with Crippen molar-refractivity contribution in [3.8, 4) is 11.6 Å². The van der Waals surface area contributed by atoms with Crippen LogP contribution in [0.4, 0.5) is 0 Å². The largest absolute Gasteiger partial charge is 0.497 e. The number of methoxy groups -OCH3 is 1. The van der Waals surface area contributed by atoms with Crippen LogP contribution in [0.15, 0.2) is 53.6 Å². The zero-order chi connectivity index (χ0) is 12.5. The molecule has 0 bridgehead atoms. The normalized spacial score (nSPS) is 10.7. The van der Waals surface area contributed by atoms with Gasteiger partial charge in [-0.05, 0) is 24.3 Å². The third-order valence-corrected chi connectivity index (χ3v) is 2.91. The van der Waals surface area contributed by atoms with Crippen LogP contribution >= 0.6 is 0 Å². The summed E-state index contributed by atoms with van der Waals surface area (Å²) in [5.41, 5.74) is 0.764. The fraction of sp³-hybridized carbons (Fsp3) is 0.0714. The fourth-order valence-corrected chi connectivity index (χ4v) is 1.98. The van der Waals surface area contributed by atoms with Gasteiger partial charge in [-0.15, -0.1) is 0 Å². The van der Waals surface area contributed by atoms with E-state index in [1.165, 1.54) is 0 Å². The lowest BCUT2D eigenvalue weighted by molar-refractivity contribution is 0.415. The van der Waals surface area contributed by atoms with Crippen molar-refractivity contribution < 1.29 is 4.74 Å². The first-order valence-electron chi connectivity index (χ1n) is 5.62. The first kappa shape index (κ1) is 10.7. The Hall–Kier alpha value is -2.49. The Bertz CT molecular complexity index is 742. The number of hydrogen-bond acceptors (Lipinski definition) is 2. The topological polar surface area (TPSA) is 47.0 Å². The monoisotopic (exact) mass is 240 g/mol. The molecule has 3 rings (SSSR count). The third kappa shape index (κ3) is 1.68. The van der Waals surface area contributed by atoms with E-state index < -0.39 is 0 Å². The van der Waals surface area contributed by atoms with Gasteiger partial charge >= 0.3 is 0 Å². The molecule has 0 aliphatic carbocycles. The van der Waals surface area contributed by atoms with E-state index in [-0.39, 0.29) is 5.43 Å². The van der Waals surface area contributed by atoms with Gasteiger partial charge in [-0.25, -0.2) is 0 Å². The van der Waals surface area contributed by atoms with Crippen LogP contribution in [0, 0.1) is 0 Å². The van der Waals surface area contributed by atoms with Gasteiger partial charge in [-0.1, -0.05) is 0 Å². The Morgan fingerprint density at radius 2 is 1.94 bits per heavy atom. The first-order valence-corrected chi connectivity index (χ1v) is 5.62. The second-order valence-electron chi connectivity index (χ2n) is 4.02. The summed E-state index contributed by atoms with van der Waals surface area (Å²) in [5.74, 6) is 1.47. The van der Waals surface area contributed by atoms with Crippen molar-refractivity contribution in [2.24, 2.45) is 0 Å². The molecule has 0 atom stereocenters. The second-order valence-corrected chi connectivity index (χ2v) is 4.02. The summed E-state index contributed by atoms with van der Waals surface area (Å²) in [6.07, 6.45) is 3.77. The molecule has 2 heterocycles. The summed E-state index contributed by atoms with van der Waals surface area (Å²) in [7, 11) is 1.61. The lowest BCUT2D eigenvalue weighted by atomic mass is 10.2. The standard InChI is InChI=1S/C14H12N2O2/c1-18-10-4-5-11-12(8-10)15-14(9-13(11)17)16-6-2-3-7-16/h2-9H,1H3,(H,15,17). The molecule has 0 saturated heterocycles. The summed E-state index contributed by atoms with van der Waals surface area (Å²) in [5, 5.41) is 0.659. The van der Waals surface area contributed by atoms with Gasteiger partial charge < -0.3 is 14.3 Å². The molecule has 18 heavy (non-hydrogen) atoms. The van der Waals surface area contributed by atoms with Crippen molar-refractivity contribution in [2.45, 2.75) is 0 Å². The van der Waals surface area contributed by atoms with Gasteiger partial charge in [0.05, 0.1) is 12.6 Å². The number of hydrogen-bond donors (Lipinski definition) is 1. The van der Waals surface area contributed by atoms with Crippen molar-refractivity contribution >= 4 is 10.9 Å². The molecule has 0 fully saturated rings. The number of rotatable bonds is 2. The Labute approximate surface area is 103 Å². The SMILES string of the molecule is COc1ccc2c(=O)cc(-n3cccc3)[nH]c2c1. The summed E-state index contributed by atoms with van der Waals surface area (Å²) in [6.45, 7) is 0. The van der Waals surface area contributed by atoms with Gasteiger partial charge in [-0.2, -0.15) is 0 Å². The van der Waals surface area contributed by atoms with E-state index in [1.54, 1.807) is 25.3 Å². The fourth-order valence-electron chi connectivity index (χ4n) is 1.98. The van der Waals surface area contributed by atoms with Crippen LogP contribution in [-0.2, 0) is 0 Å². The molecule has 90 valence electrons.